The first-order chi connectivity index (χ1) is 9.67. The summed E-state index contributed by atoms with van der Waals surface area (Å²) >= 11 is 5.94. The highest BCUT2D eigenvalue weighted by molar-refractivity contribution is 6.31. The number of anilines is 1. The van der Waals surface area contributed by atoms with E-state index in [1.807, 2.05) is 30.3 Å². The van der Waals surface area contributed by atoms with Crippen molar-refractivity contribution in [2.24, 2.45) is 0 Å². The van der Waals surface area contributed by atoms with Gasteiger partial charge >= 0.3 is 0 Å². The Morgan fingerprint density at radius 2 is 1.65 bits per heavy atom. The molecule has 0 heterocycles. The van der Waals surface area contributed by atoms with Crippen molar-refractivity contribution in [2.75, 3.05) is 12.8 Å². The predicted molar refractivity (Wildman–Crippen MR) is 85.4 cm³/mol. The molecular formula is C17H14ClNO. The molecule has 0 aliphatic heterocycles. The van der Waals surface area contributed by atoms with Gasteiger partial charge in [0, 0.05) is 16.3 Å². The smallest absolute Gasteiger partial charge is 0.119 e. The third-order valence-corrected chi connectivity index (χ3v) is 3.61. The van der Waals surface area contributed by atoms with Gasteiger partial charge in [0.2, 0.25) is 0 Å². The lowest BCUT2D eigenvalue weighted by atomic mass is 10.00. The van der Waals surface area contributed by atoms with Crippen LogP contribution in [0.3, 0.4) is 0 Å². The number of benzene rings is 3. The molecule has 0 saturated heterocycles. The Labute approximate surface area is 122 Å². The fourth-order valence-corrected chi connectivity index (χ4v) is 2.50. The van der Waals surface area contributed by atoms with Gasteiger partial charge in [-0.3, -0.25) is 0 Å². The van der Waals surface area contributed by atoms with Crippen molar-refractivity contribution in [3.05, 3.63) is 59.6 Å². The highest BCUT2D eigenvalue weighted by Crippen LogP contribution is 2.31. The van der Waals surface area contributed by atoms with Gasteiger partial charge in [0.25, 0.3) is 0 Å². The molecule has 0 spiro atoms. The molecule has 3 aromatic carbocycles. The monoisotopic (exact) mass is 283 g/mol. The van der Waals surface area contributed by atoms with Crippen LogP contribution in [0.25, 0.3) is 21.9 Å². The molecule has 0 unspecified atom stereocenters. The van der Waals surface area contributed by atoms with E-state index in [4.69, 9.17) is 22.1 Å². The molecule has 0 fully saturated rings. The molecule has 100 valence electrons. The van der Waals surface area contributed by atoms with Crippen LogP contribution in [-0.2, 0) is 0 Å². The third-order valence-electron chi connectivity index (χ3n) is 3.37. The molecule has 3 aromatic rings. The van der Waals surface area contributed by atoms with E-state index in [2.05, 4.69) is 18.2 Å². The summed E-state index contributed by atoms with van der Waals surface area (Å²) in [6.45, 7) is 0. The maximum absolute atomic E-state index is 6.04. The largest absolute Gasteiger partial charge is 0.497 e. The summed E-state index contributed by atoms with van der Waals surface area (Å²) in [6, 6.07) is 17.8. The van der Waals surface area contributed by atoms with Crippen LogP contribution in [0.5, 0.6) is 5.75 Å². The molecule has 0 aromatic heterocycles. The summed E-state index contributed by atoms with van der Waals surface area (Å²) in [7, 11) is 1.67. The zero-order chi connectivity index (χ0) is 14.1. The number of ether oxygens (including phenoxy) is 1. The van der Waals surface area contributed by atoms with Crippen LogP contribution < -0.4 is 10.5 Å². The highest BCUT2D eigenvalue weighted by atomic mass is 35.5. The van der Waals surface area contributed by atoms with Crippen LogP contribution in [0, 0.1) is 0 Å². The average molecular weight is 284 g/mol. The zero-order valence-electron chi connectivity index (χ0n) is 11.1. The molecule has 0 atom stereocenters. The van der Waals surface area contributed by atoms with Gasteiger partial charge in [-0.15, -0.1) is 0 Å². The number of nitrogens with two attached hydrogens (primary N) is 1. The summed E-state index contributed by atoms with van der Waals surface area (Å²) in [5, 5.41) is 2.94. The molecule has 0 bridgehead atoms. The topological polar surface area (TPSA) is 35.2 Å². The first-order valence-corrected chi connectivity index (χ1v) is 6.68. The number of rotatable bonds is 2. The van der Waals surface area contributed by atoms with Gasteiger partial charge in [-0.2, -0.15) is 0 Å². The fraction of sp³-hybridized carbons (Fsp3) is 0.0588. The SMILES string of the molecule is COc1ccc2cc(-c3ccc(Cl)cc3N)ccc2c1. The van der Waals surface area contributed by atoms with Crippen molar-refractivity contribution >= 4 is 28.1 Å². The van der Waals surface area contributed by atoms with Crippen LogP contribution in [-0.4, -0.2) is 7.11 Å². The molecule has 20 heavy (non-hydrogen) atoms. The summed E-state index contributed by atoms with van der Waals surface area (Å²) in [6.07, 6.45) is 0. The molecule has 0 radical (unpaired) electrons. The number of nitrogen functional groups attached to an aromatic ring is 1. The lowest BCUT2D eigenvalue weighted by Gasteiger charge is -2.08. The maximum atomic E-state index is 6.04. The standard InChI is InChI=1S/C17H14ClNO/c1-20-15-6-4-11-8-13(3-2-12(11)9-15)16-7-5-14(18)10-17(16)19/h2-10H,19H2,1H3. The Kier molecular flexibility index (Phi) is 3.25. The van der Waals surface area contributed by atoms with Gasteiger partial charge in [0.15, 0.2) is 0 Å². The summed E-state index contributed by atoms with van der Waals surface area (Å²) in [5.74, 6) is 0.858. The highest BCUT2D eigenvalue weighted by Gasteiger charge is 2.05. The number of fused-ring (bicyclic) bond motifs is 1. The van der Waals surface area contributed by atoms with Crippen molar-refractivity contribution in [1.82, 2.24) is 0 Å². The normalized spacial score (nSPS) is 10.7. The Morgan fingerprint density at radius 1 is 0.900 bits per heavy atom. The van der Waals surface area contributed by atoms with Crippen molar-refractivity contribution < 1.29 is 4.74 Å². The maximum Gasteiger partial charge on any atom is 0.119 e. The third kappa shape index (κ3) is 2.30. The summed E-state index contributed by atoms with van der Waals surface area (Å²) < 4.78 is 5.23. The van der Waals surface area contributed by atoms with Gasteiger partial charge in [-0.1, -0.05) is 35.9 Å². The molecular weight excluding hydrogens is 270 g/mol. The number of hydrogen-bond acceptors (Lipinski definition) is 2. The van der Waals surface area contributed by atoms with E-state index in [9.17, 15) is 0 Å². The van der Waals surface area contributed by atoms with E-state index in [0.29, 0.717) is 10.7 Å². The number of hydrogen-bond donors (Lipinski definition) is 1. The minimum Gasteiger partial charge on any atom is -0.497 e. The lowest BCUT2D eigenvalue weighted by molar-refractivity contribution is 0.415. The number of halogens is 1. The van der Waals surface area contributed by atoms with Gasteiger partial charge < -0.3 is 10.5 Å². The quantitative estimate of drug-likeness (QED) is 0.689. The first kappa shape index (κ1) is 12.8. The van der Waals surface area contributed by atoms with Crippen molar-refractivity contribution in [3.63, 3.8) is 0 Å². The first-order valence-electron chi connectivity index (χ1n) is 6.30. The molecule has 3 heteroatoms. The van der Waals surface area contributed by atoms with E-state index >= 15 is 0 Å². The number of methoxy groups -OCH3 is 1. The summed E-state index contributed by atoms with van der Waals surface area (Å²) in [5.41, 5.74) is 8.80. The van der Waals surface area contributed by atoms with Gasteiger partial charge in [-0.25, -0.2) is 0 Å². The summed E-state index contributed by atoms with van der Waals surface area (Å²) in [4.78, 5) is 0. The predicted octanol–water partition coefficient (Wildman–Crippen LogP) is 4.75. The Bertz CT molecular complexity index is 783. The van der Waals surface area contributed by atoms with Crippen molar-refractivity contribution in [2.45, 2.75) is 0 Å². The van der Waals surface area contributed by atoms with E-state index in [1.165, 1.54) is 0 Å². The second-order valence-electron chi connectivity index (χ2n) is 4.66. The van der Waals surface area contributed by atoms with E-state index in [1.54, 1.807) is 13.2 Å². The molecule has 2 N–H and O–H groups in total. The van der Waals surface area contributed by atoms with Crippen molar-refractivity contribution in [1.29, 1.82) is 0 Å². The molecule has 0 aliphatic carbocycles. The van der Waals surface area contributed by atoms with E-state index < -0.39 is 0 Å². The van der Waals surface area contributed by atoms with Crippen LogP contribution in [0.4, 0.5) is 5.69 Å². The van der Waals surface area contributed by atoms with Crippen LogP contribution in [0.1, 0.15) is 0 Å². The lowest BCUT2D eigenvalue weighted by Crippen LogP contribution is -1.90. The van der Waals surface area contributed by atoms with Crippen LogP contribution in [0.2, 0.25) is 5.02 Å². The molecule has 2 nitrogen and oxygen atoms in total. The zero-order valence-corrected chi connectivity index (χ0v) is 11.8. The Hall–Kier alpha value is -2.19. The van der Waals surface area contributed by atoms with E-state index in [-0.39, 0.29) is 0 Å². The van der Waals surface area contributed by atoms with Gasteiger partial charge in [0.1, 0.15) is 5.75 Å². The second kappa shape index (κ2) is 5.06. The van der Waals surface area contributed by atoms with E-state index in [0.717, 1.165) is 27.6 Å². The second-order valence-corrected chi connectivity index (χ2v) is 5.10. The van der Waals surface area contributed by atoms with Crippen LogP contribution >= 0.6 is 11.6 Å². The minimum absolute atomic E-state index is 0.650. The van der Waals surface area contributed by atoms with Crippen LogP contribution in [0.15, 0.2) is 54.6 Å². The molecule has 0 amide bonds. The molecule has 0 saturated carbocycles. The average Bonchev–Trinajstić information content (AvgIpc) is 2.46. The fourth-order valence-electron chi connectivity index (χ4n) is 2.31. The Balaban J connectivity index is 2.13. The van der Waals surface area contributed by atoms with Gasteiger partial charge in [0.05, 0.1) is 7.11 Å². The van der Waals surface area contributed by atoms with Gasteiger partial charge in [-0.05, 0) is 46.7 Å². The molecule has 0 aliphatic rings. The molecule has 3 rings (SSSR count). The minimum atomic E-state index is 0.650. The van der Waals surface area contributed by atoms with Crippen molar-refractivity contribution in [3.8, 4) is 16.9 Å². The Morgan fingerprint density at radius 3 is 2.40 bits per heavy atom.